The molecule has 0 amide bonds. The summed E-state index contributed by atoms with van der Waals surface area (Å²) in [6.07, 6.45) is -0.546. The smallest absolute Gasteiger partial charge is 0.431 e. The van der Waals surface area contributed by atoms with E-state index in [-0.39, 0.29) is 0 Å². The highest BCUT2D eigenvalue weighted by molar-refractivity contribution is 6.67. The molecule has 1 saturated heterocycles. The van der Waals surface area contributed by atoms with Crippen LogP contribution >= 0.6 is 34.8 Å². The number of hydrogen-bond donors (Lipinski definition) is 0. The first kappa shape index (κ1) is 11.1. The number of cyclic esters (lactones) is 2. The molecule has 0 N–H and O–H groups in total. The molecule has 1 fully saturated rings. The minimum absolute atomic E-state index is 0.416. The van der Waals surface area contributed by atoms with Gasteiger partial charge in [0.15, 0.2) is 3.79 Å². The summed E-state index contributed by atoms with van der Waals surface area (Å²) in [5.74, 6) is 0. The lowest BCUT2D eigenvalue weighted by molar-refractivity contribution is 0.131. The van der Waals surface area contributed by atoms with Crippen LogP contribution in [-0.4, -0.2) is 23.2 Å². The van der Waals surface area contributed by atoms with Crippen molar-refractivity contribution in [2.24, 2.45) is 0 Å². The van der Waals surface area contributed by atoms with Crippen molar-refractivity contribution in [3.05, 3.63) is 0 Å². The van der Waals surface area contributed by atoms with Gasteiger partial charge in [-0.15, -0.1) is 0 Å². The van der Waals surface area contributed by atoms with Crippen molar-refractivity contribution in [3.8, 4) is 0 Å². The van der Waals surface area contributed by atoms with E-state index in [4.69, 9.17) is 34.8 Å². The van der Waals surface area contributed by atoms with Crippen LogP contribution in [0.2, 0.25) is 0 Å². The van der Waals surface area contributed by atoms with E-state index < -0.39 is 9.95 Å². The van der Waals surface area contributed by atoms with Gasteiger partial charge in [0.1, 0.15) is 13.2 Å². The fourth-order valence-electron chi connectivity index (χ4n) is 0.292. The minimum Gasteiger partial charge on any atom is -0.431 e. The van der Waals surface area contributed by atoms with Gasteiger partial charge in [-0.3, -0.25) is 0 Å². The van der Waals surface area contributed by atoms with Crippen molar-refractivity contribution in [2.45, 2.75) is 10.7 Å². The average Bonchev–Trinajstić information content (AvgIpc) is 2.12. The number of carbonyl (C=O) groups is 1. The Balaban J connectivity index is 0.000000187. The van der Waals surface area contributed by atoms with E-state index in [1.807, 2.05) is 0 Å². The highest BCUT2D eigenvalue weighted by Crippen LogP contribution is 2.23. The van der Waals surface area contributed by atoms with Crippen molar-refractivity contribution in [1.29, 1.82) is 0 Å². The van der Waals surface area contributed by atoms with E-state index >= 15 is 0 Å². The van der Waals surface area contributed by atoms with Gasteiger partial charge in [-0.2, -0.15) is 0 Å². The summed E-state index contributed by atoms with van der Waals surface area (Å²) in [6, 6.07) is 0. The van der Waals surface area contributed by atoms with Gasteiger partial charge in [0.25, 0.3) is 0 Å². The zero-order chi connectivity index (χ0) is 8.91. The third-order valence-electron chi connectivity index (χ3n) is 0.523. The maximum atomic E-state index is 9.80. The Bertz CT molecular complexity index is 117. The van der Waals surface area contributed by atoms with E-state index in [0.29, 0.717) is 13.2 Å². The van der Waals surface area contributed by atoms with Gasteiger partial charge in [0.05, 0.1) is 0 Å². The van der Waals surface area contributed by atoms with Crippen LogP contribution in [0.5, 0.6) is 0 Å². The molecule has 0 radical (unpaired) electrons. The maximum absolute atomic E-state index is 9.80. The van der Waals surface area contributed by atoms with Gasteiger partial charge in [-0.05, 0) is 6.92 Å². The molecule has 3 nitrogen and oxygen atoms in total. The van der Waals surface area contributed by atoms with Gasteiger partial charge in [-0.25, -0.2) is 4.79 Å². The van der Waals surface area contributed by atoms with Crippen LogP contribution in [-0.2, 0) is 9.47 Å². The highest BCUT2D eigenvalue weighted by atomic mass is 35.6. The van der Waals surface area contributed by atoms with Crippen molar-refractivity contribution >= 4 is 41.0 Å². The summed E-state index contributed by atoms with van der Waals surface area (Å²) in [4.78, 5) is 9.80. The molecule has 0 unspecified atom stereocenters. The molecule has 0 saturated carbocycles. The Hall–Kier alpha value is 0.140. The van der Waals surface area contributed by atoms with Gasteiger partial charge >= 0.3 is 6.16 Å². The van der Waals surface area contributed by atoms with Crippen LogP contribution in [0, 0.1) is 0 Å². The lowest BCUT2D eigenvalue weighted by Crippen LogP contribution is -1.88. The maximum Gasteiger partial charge on any atom is 0.508 e. The highest BCUT2D eigenvalue weighted by Gasteiger charge is 2.09. The summed E-state index contributed by atoms with van der Waals surface area (Å²) in [7, 11) is 0. The largest absolute Gasteiger partial charge is 0.508 e. The predicted octanol–water partition coefficient (Wildman–Crippen LogP) is 2.53. The molecule has 6 heteroatoms. The molecule has 1 aliphatic heterocycles. The molecule has 1 heterocycles. The normalized spacial score (nSPS) is 16.2. The Kier molecular flexibility index (Phi) is 4.97. The molecule has 0 aromatic heterocycles. The predicted molar refractivity (Wildman–Crippen MR) is 43.3 cm³/mol. The van der Waals surface area contributed by atoms with Crippen molar-refractivity contribution < 1.29 is 14.3 Å². The number of halogens is 3. The first-order valence-corrected chi connectivity index (χ1v) is 3.89. The molecule has 0 atom stereocenters. The molecular formula is C5H7Cl3O3. The van der Waals surface area contributed by atoms with E-state index in [0.717, 1.165) is 0 Å². The van der Waals surface area contributed by atoms with Crippen molar-refractivity contribution in [3.63, 3.8) is 0 Å². The quantitative estimate of drug-likeness (QED) is 0.466. The Morgan fingerprint density at radius 1 is 1.27 bits per heavy atom. The van der Waals surface area contributed by atoms with Crippen LogP contribution in [0.4, 0.5) is 4.79 Å². The van der Waals surface area contributed by atoms with E-state index in [2.05, 4.69) is 9.47 Å². The molecule has 0 aromatic carbocycles. The third kappa shape index (κ3) is 13.2. The third-order valence-corrected chi connectivity index (χ3v) is 0.523. The van der Waals surface area contributed by atoms with Crippen LogP contribution in [0.25, 0.3) is 0 Å². The molecule has 11 heavy (non-hydrogen) atoms. The molecule has 0 spiro atoms. The van der Waals surface area contributed by atoms with E-state index in [1.54, 1.807) is 0 Å². The van der Waals surface area contributed by atoms with Crippen molar-refractivity contribution in [2.75, 3.05) is 13.2 Å². The van der Waals surface area contributed by atoms with Crippen LogP contribution in [0.1, 0.15) is 6.92 Å². The van der Waals surface area contributed by atoms with E-state index in [1.165, 1.54) is 6.92 Å². The fraction of sp³-hybridized carbons (Fsp3) is 0.800. The lowest BCUT2D eigenvalue weighted by atomic mass is 10.8. The monoisotopic (exact) mass is 220 g/mol. The van der Waals surface area contributed by atoms with Gasteiger partial charge in [0, 0.05) is 0 Å². The number of carbonyl (C=O) groups excluding carboxylic acids is 1. The van der Waals surface area contributed by atoms with Gasteiger partial charge in [0.2, 0.25) is 0 Å². The molecule has 0 bridgehead atoms. The SMILES string of the molecule is CC(Cl)(Cl)Cl.O=C1OCCO1. The zero-order valence-corrected chi connectivity index (χ0v) is 8.04. The molecule has 0 aromatic rings. The summed E-state index contributed by atoms with van der Waals surface area (Å²) in [5.41, 5.74) is 0. The van der Waals surface area contributed by atoms with Gasteiger partial charge < -0.3 is 9.47 Å². The first-order valence-electron chi connectivity index (χ1n) is 2.76. The summed E-state index contributed by atoms with van der Waals surface area (Å²) >= 11 is 15.2. The molecule has 1 aliphatic rings. The fourth-order valence-corrected chi connectivity index (χ4v) is 0.292. The molecule has 66 valence electrons. The van der Waals surface area contributed by atoms with Crippen LogP contribution in [0.3, 0.4) is 0 Å². The Morgan fingerprint density at radius 2 is 1.55 bits per heavy atom. The number of hydrogen-bond acceptors (Lipinski definition) is 3. The van der Waals surface area contributed by atoms with Crippen molar-refractivity contribution in [1.82, 2.24) is 0 Å². The van der Waals surface area contributed by atoms with Crippen LogP contribution < -0.4 is 0 Å². The lowest BCUT2D eigenvalue weighted by Gasteiger charge is -1.94. The summed E-state index contributed by atoms with van der Waals surface area (Å²) < 4.78 is 7.50. The second kappa shape index (κ2) is 4.91. The van der Waals surface area contributed by atoms with Crippen LogP contribution in [0.15, 0.2) is 0 Å². The van der Waals surface area contributed by atoms with Gasteiger partial charge in [-0.1, -0.05) is 34.8 Å². The second-order valence-corrected chi connectivity index (χ2v) is 4.58. The topological polar surface area (TPSA) is 35.5 Å². The first-order chi connectivity index (χ1) is 4.89. The Labute approximate surface area is 79.5 Å². The van der Waals surface area contributed by atoms with E-state index in [9.17, 15) is 4.79 Å². The molecule has 1 rings (SSSR count). The standard InChI is InChI=1S/C3H4O3.C2H3Cl3/c4-3-5-1-2-6-3;1-2(3,4)5/h1-2H2;1H3. The number of ether oxygens (including phenoxy) is 2. The summed E-state index contributed by atoms with van der Waals surface area (Å²) in [5, 5.41) is 0. The molecular weight excluding hydrogens is 214 g/mol. The Morgan fingerprint density at radius 3 is 1.64 bits per heavy atom. The zero-order valence-electron chi connectivity index (χ0n) is 5.77. The minimum atomic E-state index is -1.08. The summed E-state index contributed by atoms with van der Waals surface area (Å²) in [6.45, 7) is 2.31. The second-order valence-electron chi connectivity index (χ2n) is 1.73. The number of alkyl halides is 3. The average molecular weight is 221 g/mol. The number of rotatable bonds is 0. The molecule has 0 aliphatic carbocycles.